The molecule has 0 fully saturated rings. The van der Waals surface area contributed by atoms with E-state index >= 15 is 0 Å². The van der Waals surface area contributed by atoms with Gasteiger partial charge < -0.3 is 9.47 Å². The molecular weight excluding hydrogens is 292 g/mol. The van der Waals surface area contributed by atoms with Crippen LogP contribution in [0.25, 0.3) is 0 Å². The third-order valence-corrected chi connectivity index (χ3v) is 3.06. The summed E-state index contributed by atoms with van der Waals surface area (Å²) in [6.45, 7) is -0.249. The van der Waals surface area contributed by atoms with Crippen LogP contribution in [-0.2, 0) is 9.53 Å². The zero-order valence-corrected chi connectivity index (χ0v) is 12.1. The average Bonchev–Trinajstić information content (AvgIpc) is 2.53. The van der Waals surface area contributed by atoms with Gasteiger partial charge in [-0.3, -0.25) is 4.79 Å². The summed E-state index contributed by atoms with van der Waals surface area (Å²) in [6, 6.07) is 13.3. The van der Waals surface area contributed by atoms with Crippen molar-refractivity contribution in [3.05, 3.63) is 64.7 Å². The van der Waals surface area contributed by atoms with Crippen LogP contribution in [-0.4, -0.2) is 25.5 Å². The van der Waals surface area contributed by atoms with E-state index in [1.165, 1.54) is 7.11 Å². The van der Waals surface area contributed by atoms with Crippen LogP contribution in [0.2, 0.25) is 5.02 Å². The van der Waals surface area contributed by atoms with E-state index in [-0.39, 0.29) is 12.4 Å². The Morgan fingerprint density at radius 3 is 2.38 bits per heavy atom. The number of carbonyl (C=O) groups is 2. The van der Waals surface area contributed by atoms with Crippen molar-refractivity contribution >= 4 is 23.4 Å². The van der Waals surface area contributed by atoms with Crippen LogP contribution >= 0.6 is 11.6 Å². The molecule has 2 aromatic rings. The first kappa shape index (κ1) is 15.1. The molecule has 0 atom stereocenters. The van der Waals surface area contributed by atoms with Gasteiger partial charge >= 0.3 is 5.97 Å². The Bertz CT molecular complexity index is 650. The summed E-state index contributed by atoms with van der Waals surface area (Å²) in [5, 5.41) is 0.557. The third kappa shape index (κ3) is 3.83. The van der Waals surface area contributed by atoms with Gasteiger partial charge in [-0.25, -0.2) is 4.79 Å². The van der Waals surface area contributed by atoms with E-state index in [1.807, 2.05) is 0 Å². The lowest BCUT2D eigenvalue weighted by Crippen LogP contribution is -2.14. The van der Waals surface area contributed by atoms with Crippen molar-refractivity contribution in [2.24, 2.45) is 0 Å². The summed E-state index contributed by atoms with van der Waals surface area (Å²) in [5.41, 5.74) is 0.872. The fraction of sp³-hybridized carbons (Fsp3) is 0.125. The molecule has 0 bridgehead atoms. The molecule has 0 saturated carbocycles. The predicted molar refractivity (Wildman–Crippen MR) is 78.8 cm³/mol. The maximum Gasteiger partial charge on any atom is 0.343 e. The molecule has 21 heavy (non-hydrogen) atoms. The van der Waals surface area contributed by atoms with E-state index in [4.69, 9.17) is 16.3 Å². The molecule has 0 aliphatic rings. The number of hydrogen-bond acceptors (Lipinski definition) is 4. The third-order valence-electron chi connectivity index (χ3n) is 2.81. The molecule has 5 heteroatoms. The zero-order valence-electron chi connectivity index (χ0n) is 11.3. The normalized spacial score (nSPS) is 10.0. The van der Waals surface area contributed by atoms with Crippen LogP contribution in [0, 0.1) is 0 Å². The van der Waals surface area contributed by atoms with Crippen LogP contribution in [0.3, 0.4) is 0 Å². The van der Waals surface area contributed by atoms with Gasteiger partial charge in [0.25, 0.3) is 0 Å². The zero-order chi connectivity index (χ0) is 15.2. The second-order valence-corrected chi connectivity index (χ2v) is 4.63. The van der Waals surface area contributed by atoms with Crippen molar-refractivity contribution in [3.63, 3.8) is 0 Å². The number of ketones is 1. The van der Waals surface area contributed by atoms with Crippen molar-refractivity contribution in [1.29, 1.82) is 0 Å². The van der Waals surface area contributed by atoms with Crippen LogP contribution in [0.4, 0.5) is 0 Å². The molecule has 0 aliphatic heterocycles. The molecule has 0 saturated heterocycles. The number of para-hydroxylation sites is 1. The quantitative estimate of drug-likeness (QED) is 0.629. The second-order valence-electron chi connectivity index (χ2n) is 4.20. The first-order valence-electron chi connectivity index (χ1n) is 6.20. The largest absolute Gasteiger partial charge is 0.481 e. The molecule has 0 N–H and O–H groups in total. The van der Waals surface area contributed by atoms with E-state index in [0.29, 0.717) is 21.9 Å². The van der Waals surface area contributed by atoms with E-state index in [2.05, 4.69) is 4.74 Å². The average molecular weight is 305 g/mol. The highest BCUT2D eigenvalue weighted by Crippen LogP contribution is 2.22. The smallest absolute Gasteiger partial charge is 0.343 e. The maximum absolute atomic E-state index is 12.5. The number of methoxy groups -OCH3 is 1. The van der Waals surface area contributed by atoms with Crippen LogP contribution in [0.15, 0.2) is 48.5 Å². The van der Waals surface area contributed by atoms with Crippen molar-refractivity contribution in [3.8, 4) is 5.75 Å². The summed E-state index contributed by atoms with van der Waals surface area (Å²) >= 11 is 5.81. The summed E-state index contributed by atoms with van der Waals surface area (Å²) < 4.78 is 9.84. The molecular formula is C16H13ClO4. The van der Waals surface area contributed by atoms with E-state index in [9.17, 15) is 9.59 Å². The van der Waals surface area contributed by atoms with Gasteiger partial charge in [0.05, 0.1) is 12.7 Å². The number of benzene rings is 2. The highest BCUT2D eigenvalue weighted by atomic mass is 35.5. The predicted octanol–water partition coefficient (Wildman–Crippen LogP) is 3.12. The molecule has 0 amide bonds. The van der Waals surface area contributed by atoms with Crippen LogP contribution in [0.5, 0.6) is 5.75 Å². The molecule has 0 aliphatic carbocycles. The molecule has 2 aromatic carbocycles. The van der Waals surface area contributed by atoms with E-state index < -0.39 is 5.97 Å². The fourth-order valence-electron chi connectivity index (χ4n) is 1.73. The Morgan fingerprint density at radius 2 is 1.71 bits per heavy atom. The van der Waals surface area contributed by atoms with Crippen LogP contribution in [0.1, 0.15) is 15.9 Å². The number of rotatable bonds is 5. The SMILES string of the molecule is COC(=O)COc1ccccc1C(=O)c1ccc(Cl)cc1. The molecule has 0 heterocycles. The van der Waals surface area contributed by atoms with Crippen molar-refractivity contribution < 1.29 is 19.1 Å². The molecule has 0 aromatic heterocycles. The first-order valence-corrected chi connectivity index (χ1v) is 6.58. The minimum absolute atomic E-state index is 0.202. The number of ether oxygens (including phenoxy) is 2. The van der Waals surface area contributed by atoms with Gasteiger partial charge in [-0.1, -0.05) is 23.7 Å². The Balaban J connectivity index is 2.24. The van der Waals surface area contributed by atoms with Crippen molar-refractivity contribution in [2.75, 3.05) is 13.7 Å². The summed E-state index contributed by atoms with van der Waals surface area (Å²) in [6.07, 6.45) is 0. The van der Waals surface area contributed by atoms with Gasteiger partial charge in [-0.2, -0.15) is 0 Å². The van der Waals surface area contributed by atoms with Gasteiger partial charge in [0.15, 0.2) is 12.4 Å². The fourth-order valence-corrected chi connectivity index (χ4v) is 1.86. The highest BCUT2D eigenvalue weighted by Gasteiger charge is 2.15. The summed E-state index contributed by atoms with van der Waals surface area (Å²) in [4.78, 5) is 23.6. The molecule has 2 rings (SSSR count). The van der Waals surface area contributed by atoms with Gasteiger partial charge in [-0.05, 0) is 36.4 Å². The number of halogens is 1. The molecule has 0 unspecified atom stereocenters. The topological polar surface area (TPSA) is 52.6 Å². The lowest BCUT2D eigenvalue weighted by molar-refractivity contribution is -0.142. The number of hydrogen-bond donors (Lipinski definition) is 0. The Kier molecular flexibility index (Phi) is 4.95. The molecule has 0 spiro atoms. The van der Waals surface area contributed by atoms with Gasteiger partial charge in [0, 0.05) is 10.6 Å². The van der Waals surface area contributed by atoms with Gasteiger partial charge in [0.2, 0.25) is 0 Å². The Hall–Kier alpha value is -2.33. The lowest BCUT2D eigenvalue weighted by atomic mass is 10.0. The minimum Gasteiger partial charge on any atom is -0.481 e. The highest BCUT2D eigenvalue weighted by molar-refractivity contribution is 6.30. The van der Waals surface area contributed by atoms with Gasteiger partial charge in [0.1, 0.15) is 5.75 Å². The number of carbonyl (C=O) groups excluding carboxylic acids is 2. The van der Waals surface area contributed by atoms with Gasteiger partial charge in [-0.15, -0.1) is 0 Å². The van der Waals surface area contributed by atoms with E-state index in [1.54, 1.807) is 48.5 Å². The van der Waals surface area contributed by atoms with E-state index in [0.717, 1.165) is 0 Å². The van der Waals surface area contributed by atoms with Crippen molar-refractivity contribution in [2.45, 2.75) is 0 Å². The van der Waals surface area contributed by atoms with Crippen LogP contribution < -0.4 is 4.74 Å². The van der Waals surface area contributed by atoms with Crippen molar-refractivity contribution in [1.82, 2.24) is 0 Å². The molecule has 4 nitrogen and oxygen atoms in total. The molecule has 108 valence electrons. The first-order chi connectivity index (χ1) is 10.1. The standard InChI is InChI=1S/C16H13ClO4/c1-20-15(18)10-21-14-5-3-2-4-13(14)16(19)11-6-8-12(17)9-7-11/h2-9H,10H2,1H3. The minimum atomic E-state index is -0.510. The Labute approximate surface area is 127 Å². The summed E-state index contributed by atoms with van der Waals surface area (Å²) in [5.74, 6) is -0.376. The Morgan fingerprint density at radius 1 is 1.05 bits per heavy atom. The molecule has 0 radical (unpaired) electrons. The number of esters is 1. The summed E-state index contributed by atoms with van der Waals surface area (Å²) in [7, 11) is 1.27. The maximum atomic E-state index is 12.5. The lowest BCUT2D eigenvalue weighted by Gasteiger charge is -2.10. The second kappa shape index (κ2) is 6.90. The monoisotopic (exact) mass is 304 g/mol.